The molecular weight excluding hydrogens is 128 g/mol. The summed E-state index contributed by atoms with van der Waals surface area (Å²) in [7, 11) is 0. The van der Waals surface area contributed by atoms with Crippen LogP contribution in [0.25, 0.3) is 0 Å². The van der Waals surface area contributed by atoms with Crippen molar-refractivity contribution in [3.63, 3.8) is 0 Å². The summed E-state index contributed by atoms with van der Waals surface area (Å²) in [5.41, 5.74) is -0.646. The van der Waals surface area contributed by atoms with E-state index < -0.39 is 5.60 Å². The fourth-order valence-electron chi connectivity index (χ4n) is 2.39. The van der Waals surface area contributed by atoms with Crippen molar-refractivity contribution in [1.82, 2.24) is 0 Å². The molecule has 0 bridgehead atoms. The van der Waals surface area contributed by atoms with Gasteiger partial charge in [-0.2, -0.15) is 0 Å². The minimum Gasteiger partial charge on any atom is -0.390 e. The van der Waals surface area contributed by atoms with Gasteiger partial charge in [-0.05, 0) is 32.1 Å². The number of aliphatic hydroxyl groups is 1. The Morgan fingerprint density at radius 3 is 2.60 bits per heavy atom. The highest BCUT2D eigenvalue weighted by molar-refractivity contribution is 5.66. The van der Waals surface area contributed by atoms with Crippen LogP contribution < -0.4 is 0 Å². The molecule has 1 unspecified atom stereocenters. The molecule has 2 fully saturated rings. The molecule has 0 spiro atoms. The predicted octanol–water partition coefficient (Wildman–Crippen LogP) is 0.736. The minimum absolute atomic E-state index is 0.0938. The zero-order valence-electron chi connectivity index (χ0n) is 6.13. The van der Waals surface area contributed by atoms with Crippen molar-refractivity contribution < 1.29 is 9.90 Å². The van der Waals surface area contributed by atoms with E-state index in [1.807, 2.05) is 6.92 Å². The van der Waals surface area contributed by atoms with Gasteiger partial charge in [0.25, 0.3) is 0 Å². The van der Waals surface area contributed by atoms with Crippen LogP contribution in [0.4, 0.5) is 0 Å². The number of carbonyl (C=O) groups is 1. The van der Waals surface area contributed by atoms with Crippen molar-refractivity contribution >= 4 is 6.29 Å². The molecule has 10 heavy (non-hydrogen) atoms. The van der Waals surface area contributed by atoms with Crippen LogP contribution in [0.3, 0.4) is 0 Å². The summed E-state index contributed by atoms with van der Waals surface area (Å²) in [5, 5.41) is 9.53. The van der Waals surface area contributed by atoms with Crippen LogP contribution in [0, 0.1) is 11.3 Å². The van der Waals surface area contributed by atoms with Crippen molar-refractivity contribution in [2.45, 2.75) is 31.8 Å². The van der Waals surface area contributed by atoms with Crippen molar-refractivity contribution in [3.8, 4) is 0 Å². The molecule has 2 aliphatic carbocycles. The third kappa shape index (κ3) is 0.655. The lowest BCUT2D eigenvalue weighted by molar-refractivity contribution is -0.113. The van der Waals surface area contributed by atoms with E-state index in [-0.39, 0.29) is 5.41 Å². The molecule has 0 aromatic carbocycles. The molecule has 1 N–H and O–H groups in total. The average Bonchev–Trinajstić information content (AvgIpc) is 2.36. The molecule has 3 atom stereocenters. The Morgan fingerprint density at radius 1 is 1.60 bits per heavy atom. The monoisotopic (exact) mass is 140 g/mol. The Hall–Kier alpha value is -0.370. The molecule has 0 amide bonds. The maximum Gasteiger partial charge on any atom is 0.126 e. The Balaban J connectivity index is 2.17. The second-order valence-corrected chi connectivity index (χ2v) is 4.13. The zero-order chi connectivity index (χ0) is 7.41. The van der Waals surface area contributed by atoms with E-state index >= 15 is 0 Å². The highest BCUT2D eigenvalue weighted by Gasteiger charge is 2.63. The molecule has 0 saturated heterocycles. The fraction of sp³-hybridized carbons (Fsp3) is 0.875. The zero-order valence-corrected chi connectivity index (χ0v) is 6.13. The van der Waals surface area contributed by atoms with Crippen LogP contribution in [-0.4, -0.2) is 17.0 Å². The molecule has 0 aromatic heterocycles. The first-order chi connectivity index (χ1) is 4.58. The van der Waals surface area contributed by atoms with Crippen LogP contribution in [0.5, 0.6) is 0 Å². The summed E-state index contributed by atoms with van der Waals surface area (Å²) < 4.78 is 0. The van der Waals surface area contributed by atoms with Gasteiger partial charge in [0.15, 0.2) is 0 Å². The number of carbonyl (C=O) groups excluding carboxylic acids is 1. The first kappa shape index (κ1) is 6.35. The van der Waals surface area contributed by atoms with Gasteiger partial charge in [-0.25, -0.2) is 0 Å². The molecule has 2 saturated carbocycles. The molecule has 2 heteroatoms. The number of aldehydes is 1. The molecule has 2 rings (SSSR count). The first-order valence-corrected chi connectivity index (χ1v) is 3.77. The SMILES string of the molecule is C[C@]1(O)C[C@@H]2CC2(C=O)C1. The van der Waals surface area contributed by atoms with Crippen LogP contribution in [0.15, 0.2) is 0 Å². The van der Waals surface area contributed by atoms with Gasteiger partial charge < -0.3 is 9.90 Å². The second kappa shape index (κ2) is 1.45. The lowest BCUT2D eigenvalue weighted by Gasteiger charge is -2.18. The maximum absolute atomic E-state index is 10.5. The van der Waals surface area contributed by atoms with Crippen LogP contribution in [0.2, 0.25) is 0 Å². The first-order valence-electron chi connectivity index (χ1n) is 3.77. The lowest BCUT2D eigenvalue weighted by atomic mass is 9.96. The fourth-order valence-corrected chi connectivity index (χ4v) is 2.39. The normalized spacial score (nSPS) is 58.0. The van der Waals surface area contributed by atoms with E-state index in [4.69, 9.17) is 0 Å². The topological polar surface area (TPSA) is 37.3 Å². The van der Waals surface area contributed by atoms with Crippen molar-refractivity contribution in [2.24, 2.45) is 11.3 Å². The van der Waals surface area contributed by atoms with Crippen LogP contribution in [-0.2, 0) is 4.79 Å². The van der Waals surface area contributed by atoms with E-state index in [2.05, 4.69) is 0 Å². The Morgan fingerprint density at radius 2 is 2.30 bits per heavy atom. The van der Waals surface area contributed by atoms with Gasteiger partial charge in [0, 0.05) is 5.41 Å². The smallest absolute Gasteiger partial charge is 0.126 e. The molecular formula is C8H12O2. The average molecular weight is 140 g/mol. The van der Waals surface area contributed by atoms with E-state index in [1.165, 1.54) is 0 Å². The molecule has 2 nitrogen and oxygen atoms in total. The van der Waals surface area contributed by atoms with Gasteiger partial charge in [0.1, 0.15) is 6.29 Å². The molecule has 0 heterocycles. The number of hydrogen-bond donors (Lipinski definition) is 1. The van der Waals surface area contributed by atoms with Gasteiger partial charge in [-0.3, -0.25) is 0 Å². The molecule has 0 aliphatic heterocycles. The van der Waals surface area contributed by atoms with E-state index in [0.29, 0.717) is 12.3 Å². The molecule has 0 aromatic rings. The van der Waals surface area contributed by atoms with E-state index in [9.17, 15) is 9.90 Å². The third-order valence-corrected chi connectivity index (χ3v) is 2.91. The summed E-state index contributed by atoms with van der Waals surface area (Å²) in [5.74, 6) is 0.500. The van der Waals surface area contributed by atoms with E-state index in [1.54, 1.807) is 0 Å². The predicted molar refractivity (Wildman–Crippen MR) is 36.5 cm³/mol. The summed E-state index contributed by atoms with van der Waals surface area (Å²) >= 11 is 0. The van der Waals surface area contributed by atoms with Gasteiger partial charge in [0.2, 0.25) is 0 Å². The van der Waals surface area contributed by atoms with Crippen molar-refractivity contribution in [3.05, 3.63) is 0 Å². The summed E-state index contributed by atoms with van der Waals surface area (Å²) in [6, 6.07) is 0. The van der Waals surface area contributed by atoms with Gasteiger partial charge in [-0.15, -0.1) is 0 Å². The highest BCUT2D eigenvalue weighted by atomic mass is 16.3. The molecule has 2 aliphatic rings. The van der Waals surface area contributed by atoms with Gasteiger partial charge in [0.05, 0.1) is 5.60 Å². The molecule has 56 valence electrons. The van der Waals surface area contributed by atoms with Gasteiger partial charge in [-0.1, -0.05) is 0 Å². The summed E-state index contributed by atoms with van der Waals surface area (Å²) in [6.07, 6.45) is 3.58. The van der Waals surface area contributed by atoms with Gasteiger partial charge >= 0.3 is 0 Å². The van der Waals surface area contributed by atoms with Crippen LogP contribution >= 0.6 is 0 Å². The Labute approximate surface area is 60.2 Å². The standard InChI is InChI=1S/C8H12O2/c1-7(10)2-6-3-8(6,4-7)5-9/h5-6,10H,2-4H2,1H3/t6-,7+,8?/m1/s1. The largest absolute Gasteiger partial charge is 0.390 e. The third-order valence-electron chi connectivity index (χ3n) is 2.91. The Bertz CT molecular complexity index is 186. The lowest BCUT2D eigenvalue weighted by Crippen LogP contribution is -2.22. The highest BCUT2D eigenvalue weighted by Crippen LogP contribution is 2.65. The molecule has 0 radical (unpaired) electrons. The maximum atomic E-state index is 10.5. The second-order valence-electron chi connectivity index (χ2n) is 4.13. The number of hydrogen-bond acceptors (Lipinski definition) is 2. The van der Waals surface area contributed by atoms with Crippen molar-refractivity contribution in [1.29, 1.82) is 0 Å². The number of rotatable bonds is 1. The van der Waals surface area contributed by atoms with Crippen molar-refractivity contribution in [2.75, 3.05) is 0 Å². The summed E-state index contributed by atoms with van der Waals surface area (Å²) in [4.78, 5) is 10.5. The number of fused-ring (bicyclic) bond motifs is 1. The summed E-state index contributed by atoms with van der Waals surface area (Å²) in [6.45, 7) is 1.82. The Kier molecular flexibility index (Phi) is 0.919. The van der Waals surface area contributed by atoms with E-state index in [0.717, 1.165) is 19.1 Å². The minimum atomic E-state index is -0.552. The quantitative estimate of drug-likeness (QED) is 0.545. The van der Waals surface area contributed by atoms with Crippen LogP contribution in [0.1, 0.15) is 26.2 Å².